The molecule has 0 spiro atoms. The number of anilines is 4. The highest BCUT2D eigenvalue weighted by Crippen LogP contribution is 2.39. The Morgan fingerprint density at radius 1 is 1.11 bits per heavy atom. The van der Waals surface area contributed by atoms with Gasteiger partial charge in [0.15, 0.2) is 21.5 Å². The van der Waals surface area contributed by atoms with Crippen LogP contribution in [-0.2, 0) is 9.84 Å². The number of ether oxygens (including phenoxy) is 1. The van der Waals surface area contributed by atoms with Gasteiger partial charge in [-0.15, -0.1) is 0 Å². The number of piperidine rings is 1. The van der Waals surface area contributed by atoms with Gasteiger partial charge in [0.25, 0.3) is 0 Å². The summed E-state index contributed by atoms with van der Waals surface area (Å²) in [6.07, 6.45) is 6.05. The number of nitrogens with one attached hydrogen (secondary N) is 1. The standard InChI is InChI=1S/C23H26FN7O3S/c1-15-5-8-25-23(28-15)30-9-6-16(7-10-30)31-11-12-34-20-21(26-14-27-22(20)31)29-19-4-3-17(13-18(19)24)35(2,32)33/h3-5,8,13-14,16H,6-7,9-12H2,1-2H3,(H,26,27,29). The van der Waals surface area contributed by atoms with Crippen LogP contribution in [-0.4, -0.2) is 66.9 Å². The Labute approximate surface area is 203 Å². The third-order valence-electron chi connectivity index (χ3n) is 6.23. The van der Waals surface area contributed by atoms with E-state index in [9.17, 15) is 12.8 Å². The maximum atomic E-state index is 14.6. The van der Waals surface area contributed by atoms with Gasteiger partial charge in [0.05, 0.1) is 17.1 Å². The smallest absolute Gasteiger partial charge is 0.225 e. The lowest BCUT2D eigenvalue weighted by Crippen LogP contribution is -2.48. The molecule has 1 saturated heterocycles. The number of hydrogen-bond acceptors (Lipinski definition) is 10. The van der Waals surface area contributed by atoms with Crippen molar-refractivity contribution in [3.05, 3.63) is 48.3 Å². The molecule has 3 aromatic rings. The summed E-state index contributed by atoms with van der Waals surface area (Å²) < 4.78 is 43.9. The monoisotopic (exact) mass is 499 g/mol. The molecule has 184 valence electrons. The Kier molecular flexibility index (Phi) is 6.13. The van der Waals surface area contributed by atoms with Crippen molar-refractivity contribution in [2.75, 3.05) is 47.6 Å². The summed E-state index contributed by atoms with van der Waals surface area (Å²) >= 11 is 0. The molecule has 5 rings (SSSR count). The molecule has 1 aromatic carbocycles. The fraction of sp³-hybridized carbons (Fsp3) is 0.391. The summed E-state index contributed by atoms with van der Waals surface area (Å²) in [5.74, 6) is 1.50. The van der Waals surface area contributed by atoms with Crippen molar-refractivity contribution in [2.45, 2.75) is 30.7 Å². The molecule has 0 radical (unpaired) electrons. The predicted molar refractivity (Wildman–Crippen MR) is 130 cm³/mol. The second kappa shape index (κ2) is 9.25. The maximum Gasteiger partial charge on any atom is 0.225 e. The molecule has 2 aromatic heterocycles. The summed E-state index contributed by atoms with van der Waals surface area (Å²) in [6.45, 7) is 4.75. The summed E-state index contributed by atoms with van der Waals surface area (Å²) in [4.78, 5) is 22.0. The Bertz CT molecular complexity index is 1350. The van der Waals surface area contributed by atoms with E-state index in [1.54, 1.807) is 6.20 Å². The molecule has 0 atom stereocenters. The number of halogens is 1. The number of fused-ring (bicyclic) bond motifs is 1. The number of hydrogen-bond donors (Lipinski definition) is 1. The molecule has 4 heterocycles. The van der Waals surface area contributed by atoms with Gasteiger partial charge in [-0.3, -0.25) is 0 Å². The molecular weight excluding hydrogens is 473 g/mol. The van der Waals surface area contributed by atoms with E-state index in [4.69, 9.17) is 4.74 Å². The molecule has 1 N–H and O–H groups in total. The lowest BCUT2D eigenvalue weighted by molar-refractivity contribution is 0.290. The predicted octanol–water partition coefficient (Wildman–Crippen LogP) is 2.73. The van der Waals surface area contributed by atoms with Crippen LogP contribution in [0.1, 0.15) is 18.5 Å². The Morgan fingerprint density at radius 3 is 2.63 bits per heavy atom. The molecule has 1 fully saturated rings. The van der Waals surface area contributed by atoms with Gasteiger partial charge in [0, 0.05) is 37.3 Å². The zero-order chi connectivity index (χ0) is 24.6. The highest BCUT2D eigenvalue weighted by atomic mass is 32.2. The van der Waals surface area contributed by atoms with E-state index in [-0.39, 0.29) is 16.6 Å². The van der Waals surface area contributed by atoms with Gasteiger partial charge in [-0.2, -0.15) is 0 Å². The number of aromatic nitrogens is 4. The van der Waals surface area contributed by atoms with Crippen LogP contribution in [0.3, 0.4) is 0 Å². The summed E-state index contributed by atoms with van der Waals surface area (Å²) in [5.41, 5.74) is 1.05. The van der Waals surface area contributed by atoms with E-state index < -0.39 is 15.7 Å². The van der Waals surface area contributed by atoms with Crippen molar-refractivity contribution in [3.63, 3.8) is 0 Å². The molecule has 10 nitrogen and oxygen atoms in total. The van der Waals surface area contributed by atoms with Crippen molar-refractivity contribution < 1.29 is 17.5 Å². The van der Waals surface area contributed by atoms with Gasteiger partial charge in [-0.25, -0.2) is 32.7 Å². The summed E-state index contributed by atoms with van der Waals surface area (Å²) in [6, 6.07) is 5.87. The van der Waals surface area contributed by atoms with Gasteiger partial charge in [-0.05, 0) is 44.0 Å². The SMILES string of the molecule is Cc1ccnc(N2CCC(N3CCOc4c(Nc5ccc(S(C)(=O)=O)cc5F)ncnc43)CC2)n1. The van der Waals surface area contributed by atoms with Crippen LogP contribution in [0.2, 0.25) is 0 Å². The fourth-order valence-electron chi connectivity index (χ4n) is 4.42. The van der Waals surface area contributed by atoms with Gasteiger partial charge in [0.1, 0.15) is 18.8 Å². The van der Waals surface area contributed by atoms with Crippen molar-refractivity contribution in [1.29, 1.82) is 0 Å². The topological polar surface area (TPSA) is 113 Å². The van der Waals surface area contributed by atoms with Crippen LogP contribution in [0.25, 0.3) is 0 Å². The largest absolute Gasteiger partial charge is 0.485 e. The third kappa shape index (κ3) is 4.83. The van der Waals surface area contributed by atoms with Gasteiger partial charge < -0.3 is 19.9 Å². The van der Waals surface area contributed by atoms with Crippen LogP contribution in [0.15, 0.2) is 41.7 Å². The second-order valence-electron chi connectivity index (χ2n) is 8.67. The third-order valence-corrected chi connectivity index (χ3v) is 7.34. The van der Waals surface area contributed by atoms with Crippen molar-refractivity contribution in [1.82, 2.24) is 19.9 Å². The molecule has 2 aliphatic heterocycles. The molecule has 2 aliphatic rings. The molecule has 0 bridgehead atoms. The second-order valence-corrected chi connectivity index (χ2v) is 10.7. The van der Waals surface area contributed by atoms with E-state index in [0.717, 1.165) is 49.9 Å². The molecule has 0 amide bonds. The molecule has 0 saturated carbocycles. The first kappa shape index (κ1) is 23.2. The van der Waals surface area contributed by atoms with E-state index >= 15 is 0 Å². The Balaban J connectivity index is 1.34. The van der Waals surface area contributed by atoms with Crippen molar-refractivity contribution in [3.8, 4) is 5.75 Å². The van der Waals surface area contributed by atoms with Crippen LogP contribution in [0, 0.1) is 12.7 Å². The number of nitrogens with zero attached hydrogens (tertiary/aromatic N) is 6. The summed E-state index contributed by atoms with van der Waals surface area (Å²) in [7, 11) is -3.51. The van der Waals surface area contributed by atoms with Crippen LogP contribution in [0.5, 0.6) is 5.75 Å². The minimum atomic E-state index is -3.51. The van der Waals surface area contributed by atoms with Crippen LogP contribution < -0.4 is 19.9 Å². The van der Waals surface area contributed by atoms with Gasteiger partial charge in [0.2, 0.25) is 11.7 Å². The number of aryl methyl sites for hydroxylation is 1. The van der Waals surface area contributed by atoms with Crippen LogP contribution in [0.4, 0.5) is 27.7 Å². The fourth-order valence-corrected chi connectivity index (χ4v) is 5.05. The molecular formula is C23H26FN7O3S. The lowest BCUT2D eigenvalue weighted by atomic mass is 10.0. The maximum absolute atomic E-state index is 14.6. The van der Waals surface area contributed by atoms with E-state index in [1.807, 2.05) is 13.0 Å². The van der Waals surface area contributed by atoms with Gasteiger partial charge in [-0.1, -0.05) is 0 Å². The minimum absolute atomic E-state index is 0.0879. The van der Waals surface area contributed by atoms with Crippen LogP contribution >= 0.6 is 0 Å². The molecule has 12 heteroatoms. The zero-order valence-corrected chi connectivity index (χ0v) is 20.3. The highest BCUT2D eigenvalue weighted by Gasteiger charge is 2.32. The average Bonchev–Trinajstić information content (AvgIpc) is 2.84. The van der Waals surface area contributed by atoms with E-state index in [0.29, 0.717) is 30.5 Å². The first-order valence-electron chi connectivity index (χ1n) is 11.4. The normalized spacial score (nSPS) is 16.5. The Morgan fingerprint density at radius 2 is 1.91 bits per heavy atom. The summed E-state index contributed by atoms with van der Waals surface area (Å²) in [5, 5.41) is 2.94. The van der Waals surface area contributed by atoms with Crippen molar-refractivity contribution >= 4 is 33.1 Å². The number of rotatable bonds is 5. The minimum Gasteiger partial charge on any atom is -0.485 e. The quantitative estimate of drug-likeness (QED) is 0.562. The lowest BCUT2D eigenvalue weighted by Gasteiger charge is -2.41. The van der Waals surface area contributed by atoms with Gasteiger partial charge >= 0.3 is 0 Å². The van der Waals surface area contributed by atoms with E-state index in [1.165, 1.54) is 18.5 Å². The molecule has 0 aliphatic carbocycles. The van der Waals surface area contributed by atoms with E-state index in [2.05, 4.69) is 35.1 Å². The molecule has 35 heavy (non-hydrogen) atoms. The van der Waals surface area contributed by atoms with Crippen molar-refractivity contribution in [2.24, 2.45) is 0 Å². The number of sulfone groups is 1. The Hall–Kier alpha value is -3.54. The first-order chi connectivity index (χ1) is 16.8. The zero-order valence-electron chi connectivity index (χ0n) is 19.5. The first-order valence-corrected chi connectivity index (χ1v) is 13.2. The molecule has 0 unspecified atom stereocenters. The number of benzene rings is 1. The average molecular weight is 500 g/mol. The highest BCUT2D eigenvalue weighted by molar-refractivity contribution is 7.90.